The minimum Gasteiger partial charge on any atom is -0.435 e. The molecule has 0 N–H and O–H groups in total. The van der Waals surface area contributed by atoms with Crippen molar-refractivity contribution in [3.8, 4) is 11.6 Å². The van der Waals surface area contributed by atoms with Gasteiger partial charge in [-0.1, -0.05) is 6.07 Å². The molecule has 1 saturated heterocycles. The van der Waals surface area contributed by atoms with Crippen molar-refractivity contribution in [1.82, 2.24) is 24.8 Å². The Morgan fingerprint density at radius 1 is 1.00 bits per heavy atom. The smallest absolute Gasteiger partial charge is 0.241 e. The first kappa shape index (κ1) is 17.5. The Balaban J connectivity index is 1.52. The highest BCUT2D eigenvalue weighted by molar-refractivity contribution is 5.33. The van der Waals surface area contributed by atoms with Crippen LogP contribution in [0.3, 0.4) is 0 Å². The van der Waals surface area contributed by atoms with E-state index in [2.05, 4.69) is 30.9 Å². The van der Waals surface area contributed by atoms with E-state index in [1.54, 1.807) is 18.6 Å². The zero-order chi connectivity index (χ0) is 18.5. The van der Waals surface area contributed by atoms with Gasteiger partial charge in [0.2, 0.25) is 5.88 Å². The average molecular weight is 361 g/mol. The zero-order valence-corrected chi connectivity index (χ0v) is 15.5. The van der Waals surface area contributed by atoms with Crippen LogP contribution < -0.4 is 4.74 Å². The van der Waals surface area contributed by atoms with Crippen LogP contribution in [0.1, 0.15) is 35.8 Å². The van der Waals surface area contributed by atoms with Gasteiger partial charge in [0.25, 0.3) is 0 Å². The van der Waals surface area contributed by atoms with Crippen molar-refractivity contribution < 1.29 is 4.74 Å². The Labute approximate surface area is 159 Å². The maximum atomic E-state index is 6.08. The van der Waals surface area contributed by atoms with Crippen molar-refractivity contribution in [3.63, 3.8) is 0 Å². The summed E-state index contributed by atoms with van der Waals surface area (Å²) >= 11 is 0. The normalized spacial score (nSPS) is 17.6. The van der Waals surface area contributed by atoms with Crippen LogP contribution in [0.4, 0.5) is 0 Å². The van der Waals surface area contributed by atoms with Gasteiger partial charge in [-0.15, -0.1) is 0 Å². The number of hydrogen-bond acceptors (Lipinski definition) is 6. The summed E-state index contributed by atoms with van der Waals surface area (Å²) in [5.74, 6) is 1.60. The lowest BCUT2D eigenvalue weighted by molar-refractivity contribution is 0.194. The van der Waals surface area contributed by atoms with Gasteiger partial charge < -0.3 is 4.74 Å². The van der Waals surface area contributed by atoms with Crippen molar-refractivity contribution >= 4 is 0 Å². The molecule has 0 saturated carbocycles. The number of nitrogens with zero attached hydrogens (tertiary/aromatic N) is 5. The Hall–Kier alpha value is -2.86. The molecule has 6 nitrogen and oxygen atoms in total. The highest BCUT2D eigenvalue weighted by atomic mass is 16.5. The van der Waals surface area contributed by atoms with Crippen molar-refractivity contribution in [2.24, 2.45) is 0 Å². The standard InChI is InChI=1S/C21H23N5O/c1-16-19(8-4-10-22-16)27-21-20(24-11-12-25-21)17-6-5-13-26(14-17)15-18-7-2-3-9-23-18/h2-4,7-12,17H,5-6,13-15H2,1H3. The first-order valence-corrected chi connectivity index (χ1v) is 9.32. The summed E-state index contributed by atoms with van der Waals surface area (Å²) in [5, 5.41) is 0. The van der Waals surface area contributed by atoms with Gasteiger partial charge in [0, 0.05) is 43.8 Å². The summed E-state index contributed by atoms with van der Waals surface area (Å²) in [4.78, 5) is 20.3. The fourth-order valence-electron chi connectivity index (χ4n) is 3.52. The summed E-state index contributed by atoms with van der Waals surface area (Å²) in [6.45, 7) is 4.79. The molecule has 6 heteroatoms. The third kappa shape index (κ3) is 4.28. The molecule has 1 fully saturated rings. The Morgan fingerprint density at radius 2 is 1.89 bits per heavy atom. The van der Waals surface area contributed by atoms with Crippen LogP contribution in [0.15, 0.2) is 55.1 Å². The maximum Gasteiger partial charge on any atom is 0.241 e. The number of hydrogen-bond donors (Lipinski definition) is 0. The van der Waals surface area contributed by atoms with Gasteiger partial charge in [0.05, 0.1) is 11.4 Å². The van der Waals surface area contributed by atoms with E-state index in [0.717, 1.165) is 55.3 Å². The molecule has 1 atom stereocenters. The minimum atomic E-state index is 0.295. The summed E-state index contributed by atoms with van der Waals surface area (Å²) in [6.07, 6.45) is 9.24. The molecular formula is C21H23N5O. The molecule has 0 amide bonds. The van der Waals surface area contributed by atoms with Gasteiger partial charge in [0.15, 0.2) is 5.75 Å². The van der Waals surface area contributed by atoms with Gasteiger partial charge in [-0.2, -0.15) is 0 Å². The number of rotatable bonds is 5. The lowest BCUT2D eigenvalue weighted by Gasteiger charge is -2.32. The monoisotopic (exact) mass is 361 g/mol. The molecule has 4 heterocycles. The predicted molar refractivity (Wildman–Crippen MR) is 103 cm³/mol. The largest absolute Gasteiger partial charge is 0.435 e. The molecule has 3 aromatic rings. The van der Waals surface area contributed by atoms with Gasteiger partial charge in [-0.25, -0.2) is 4.98 Å². The highest BCUT2D eigenvalue weighted by Crippen LogP contribution is 2.33. The molecule has 0 aliphatic carbocycles. The number of aryl methyl sites for hydroxylation is 1. The number of aromatic nitrogens is 4. The van der Waals surface area contributed by atoms with Crippen LogP contribution >= 0.6 is 0 Å². The van der Waals surface area contributed by atoms with Crippen LogP contribution in [0.2, 0.25) is 0 Å². The quantitative estimate of drug-likeness (QED) is 0.690. The third-order valence-electron chi connectivity index (χ3n) is 4.86. The van der Waals surface area contributed by atoms with E-state index in [1.807, 2.05) is 37.4 Å². The van der Waals surface area contributed by atoms with E-state index in [4.69, 9.17) is 4.74 Å². The number of pyridine rings is 2. The second-order valence-corrected chi connectivity index (χ2v) is 6.83. The van der Waals surface area contributed by atoms with Crippen molar-refractivity contribution in [2.75, 3.05) is 13.1 Å². The predicted octanol–water partition coefficient (Wildman–Crippen LogP) is 3.75. The fraction of sp³-hybridized carbons (Fsp3) is 0.333. The van der Waals surface area contributed by atoms with Gasteiger partial charge in [0.1, 0.15) is 5.69 Å². The van der Waals surface area contributed by atoms with E-state index in [-0.39, 0.29) is 0 Å². The molecule has 138 valence electrons. The lowest BCUT2D eigenvalue weighted by atomic mass is 9.94. The first-order chi connectivity index (χ1) is 13.3. The van der Waals surface area contributed by atoms with Crippen molar-refractivity contribution in [2.45, 2.75) is 32.2 Å². The molecular weight excluding hydrogens is 338 g/mol. The van der Waals surface area contributed by atoms with Gasteiger partial charge in [-0.05, 0) is 50.6 Å². The van der Waals surface area contributed by atoms with Crippen LogP contribution in [0.5, 0.6) is 11.6 Å². The first-order valence-electron chi connectivity index (χ1n) is 9.32. The minimum absolute atomic E-state index is 0.295. The van der Waals surface area contributed by atoms with Crippen LogP contribution in [-0.4, -0.2) is 37.9 Å². The molecule has 0 spiro atoms. The Bertz CT molecular complexity index is 887. The van der Waals surface area contributed by atoms with E-state index < -0.39 is 0 Å². The topological polar surface area (TPSA) is 64.0 Å². The summed E-state index contributed by atoms with van der Waals surface area (Å²) < 4.78 is 6.08. The third-order valence-corrected chi connectivity index (χ3v) is 4.86. The SMILES string of the molecule is Cc1ncccc1Oc1nccnc1C1CCCN(Cc2ccccn2)C1. The van der Waals surface area contributed by atoms with Crippen molar-refractivity contribution in [1.29, 1.82) is 0 Å². The molecule has 0 aromatic carbocycles. The molecule has 0 radical (unpaired) electrons. The summed E-state index contributed by atoms with van der Waals surface area (Å²) in [7, 11) is 0. The maximum absolute atomic E-state index is 6.08. The molecule has 1 aliphatic rings. The van der Waals surface area contributed by atoms with Gasteiger partial charge >= 0.3 is 0 Å². The Kier molecular flexibility index (Phi) is 5.34. The molecule has 1 unspecified atom stereocenters. The fourth-order valence-corrected chi connectivity index (χ4v) is 3.52. The molecule has 27 heavy (non-hydrogen) atoms. The van der Waals surface area contributed by atoms with Crippen molar-refractivity contribution in [3.05, 3.63) is 72.2 Å². The molecule has 4 rings (SSSR count). The van der Waals surface area contributed by atoms with Crippen LogP contribution in [-0.2, 0) is 6.54 Å². The lowest BCUT2D eigenvalue weighted by Crippen LogP contribution is -2.34. The number of likely N-dealkylation sites (tertiary alicyclic amines) is 1. The average Bonchev–Trinajstić information content (AvgIpc) is 2.71. The van der Waals surface area contributed by atoms with Crippen LogP contribution in [0.25, 0.3) is 0 Å². The zero-order valence-electron chi connectivity index (χ0n) is 15.5. The number of ether oxygens (including phenoxy) is 1. The molecule has 0 bridgehead atoms. The van der Waals surface area contributed by atoms with Crippen LogP contribution in [0, 0.1) is 6.92 Å². The van der Waals surface area contributed by atoms with Gasteiger partial charge in [-0.3, -0.25) is 19.9 Å². The van der Waals surface area contributed by atoms with E-state index >= 15 is 0 Å². The second-order valence-electron chi connectivity index (χ2n) is 6.83. The highest BCUT2D eigenvalue weighted by Gasteiger charge is 2.26. The van der Waals surface area contributed by atoms with E-state index in [9.17, 15) is 0 Å². The second kappa shape index (κ2) is 8.22. The van der Waals surface area contributed by atoms with E-state index in [1.165, 1.54) is 0 Å². The molecule has 1 aliphatic heterocycles. The number of piperidine rings is 1. The summed E-state index contributed by atoms with van der Waals surface area (Å²) in [5.41, 5.74) is 2.86. The summed E-state index contributed by atoms with van der Waals surface area (Å²) in [6, 6.07) is 9.84. The van der Waals surface area contributed by atoms with E-state index in [0.29, 0.717) is 11.8 Å². The Morgan fingerprint density at radius 3 is 2.74 bits per heavy atom. The molecule has 3 aromatic heterocycles.